The second kappa shape index (κ2) is 7.79. The monoisotopic (exact) mass is 335 g/mol. The van der Waals surface area contributed by atoms with Gasteiger partial charge < -0.3 is 19.4 Å². The molecule has 0 aromatic rings. The molecule has 0 bridgehead atoms. The van der Waals surface area contributed by atoms with Gasteiger partial charge in [0, 0.05) is 45.7 Å². The first-order valence-electron chi connectivity index (χ1n) is 8.75. The third-order valence-electron chi connectivity index (χ3n) is 4.95. The van der Waals surface area contributed by atoms with E-state index in [2.05, 4.69) is 12.2 Å². The van der Waals surface area contributed by atoms with E-state index in [1.165, 1.54) is 0 Å². The first-order valence-corrected chi connectivity index (χ1v) is 8.75. The smallest absolute Gasteiger partial charge is 0.312 e. The first kappa shape index (κ1) is 17.0. The molecule has 3 aliphatic rings. The molecule has 24 heavy (non-hydrogen) atoms. The summed E-state index contributed by atoms with van der Waals surface area (Å²) in [4.78, 5) is 41.8. The fourth-order valence-corrected chi connectivity index (χ4v) is 3.41. The van der Waals surface area contributed by atoms with Gasteiger partial charge in [-0.1, -0.05) is 12.2 Å². The minimum absolute atomic E-state index is 0.151. The molecule has 7 heteroatoms. The number of carbonyl (C=O) groups excluding carboxylic acids is 3. The van der Waals surface area contributed by atoms with Crippen molar-refractivity contribution in [3.05, 3.63) is 12.2 Å². The molecule has 3 amide bonds. The van der Waals surface area contributed by atoms with E-state index in [1.807, 2.05) is 4.90 Å². The molecule has 0 spiro atoms. The van der Waals surface area contributed by atoms with Gasteiger partial charge in [0.1, 0.15) is 0 Å². The number of ether oxygens (including phenoxy) is 1. The van der Waals surface area contributed by atoms with Gasteiger partial charge in [-0.2, -0.15) is 0 Å². The van der Waals surface area contributed by atoms with Gasteiger partial charge in [0.2, 0.25) is 5.91 Å². The number of morpholine rings is 1. The van der Waals surface area contributed by atoms with Gasteiger partial charge in [0.05, 0.1) is 13.2 Å². The summed E-state index contributed by atoms with van der Waals surface area (Å²) in [7, 11) is 0. The lowest BCUT2D eigenvalue weighted by Gasteiger charge is -2.36. The quantitative estimate of drug-likeness (QED) is 0.521. The Kier molecular flexibility index (Phi) is 5.50. The van der Waals surface area contributed by atoms with Crippen LogP contribution in [0.5, 0.6) is 0 Å². The lowest BCUT2D eigenvalue weighted by atomic mass is 10.0. The number of hydrogen-bond donors (Lipinski definition) is 0. The van der Waals surface area contributed by atoms with Crippen molar-refractivity contribution >= 4 is 17.7 Å². The minimum Gasteiger partial charge on any atom is -0.378 e. The van der Waals surface area contributed by atoms with Gasteiger partial charge in [-0.25, -0.2) is 0 Å². The molecule has 0 N–H and O–H groups in total. The minimum atomic E-state index is -0.456. The van der Waals surface area contributed by atoms with E-state index >= 15 is 0 Å². The Morgan fingerprint density at radius 2 is 1.46 bits per heavy atom. The Morgan fingerprint density at radius 1 is 0.875 bits per heavy atom. The highest BCUT2D eigenvalue weighted by Crippen LogP contribution is 2.21. The second-order valence-corrected chi connectivity index (χ2v) is 6.55. The standard InChI is InChI=1S/C17H25N3O4/c21-15(13-14-3-1-2-4-14)18-5-7-19(8-6-18)16(22)17(23)20-9-11-24-12-10-20/h1,3,14H,2,4-13H2. The van der Waals surface area contributed by atoms with Crippen LogP contribution in [0.1, 0.15) is 19.3 Å². The van der Waals surface area contributed by atoms with Crippen molar-refractivity contribution in [2.45, 2.75) is 19.3 Å². The predicted octanol–water partition coefficient (Wildman–Crippen LogP) is -0.128. The van der Waals surface area contributed by atoms with Crippen LogP contribution in [-0.2, 0) is 19.1 Å². The van der Waals surface area contributed by atoms with Crippen LogP contribution < -0.4 is 0 Å². The lowest BCUT2D eigenvalue weighted by Crippen LogP contribution is -2.55. The molecule has 3 rings (SSSR count). The molecule has 132 valence electrons. The predicted molar refractivity (Wildman–Crippen MR) is 87.0 cm³/mol. The summed E-state index contributed by atoms with van der Waals surface area (Å²) >= 11 is 0. The normalized spacial score (nSPS) is 24.3. The summed E-state index contributed by atoms with van der Waals surface area (Å²) in [5, 5.41) is 0. The third-order valence-corrected chi connectivity index (χ3v) is 4.95. The molecule has 1 unspecified atom stereocenters. The van der Waals surface area contributed by atoms with E-state index < -0.39 is 11.8 Å². The maximum absolute atomic E-state index is 12.3. The lowest BCUT2D eigenvalue weighted by molar-refractivity contribution is -0.155. The first-order chi connectivity index (χ1) is 11.6. The van der Waals surface area contributed by atoms with Crippen molar-refractivity contribution in [2.75, 3.05) is 52.5 Å². The van der Waals surface area contributed by atoms with Crippen LogP contribution >= 0.6 is 0 Å². The van der Waals surface area contributed by atoms with Crippen LogP contribution in [-0.4, -0.2) is 84.9 Å². The van der Waals surface area contributed by atoms with Crippen LogP contribution in [0, 0.1) is 5.92 Å². The van der Waals surface area contributed by atoms with E-state index in [4.69, 9.17) is 4.74 Å². The zero-order chi connectivity index (χ0) is 16.9. The number of carbonyl (C=O) groups is 3. The van der Waals surface area contributed by atoms with Crippen LogP contribution in [0.3, 0.4) is 0 Å². The van der Waals surface area contributed by atoms with Gasteiger partial charge in [-0.15, -0.1) is 0 Å². The van der Waals surface area contributed by atoms with Gasteiger partial charge >= 0.3 is 11.8 Å². The fourth-order valence-electron chi connectivity index (χ4n) is 3.41. The van der Waals surface area contributed by atoms with E-state index in [0.29, 0.717) is 64.8 Å². The zero-order valence-electron chi connectivity index (χ0n) is 14.0. The van der Waals surface area contributed by atoms with Crippen LogP contribution in [0.2, 0.25) is 0 Å². The zero-order valence-corrected chi connectivity index (χ0v) is 14.0. The molecule has 2 heterocycles. The van der Waals surface area contributed by atoms with E-state index in [0.717, 1.165) is 12.8 Å². The average molecular weight is 335 g/mol. The molecule has 0 saturated carbocycles. The number of hydrogen-bond acceptors (Lipinski definition) is 4. The van der Waals surface area contributed by atoms with Gasteiger partial charge in [0.15, 0.2) is 0 Å². The molecule has 2 saturated heterocycles. The Balaban J connectivity index is 1.45. The summed E-state index contributed by atoms with van der Waals surface area (Å²) in [6.45, 7) is 3.79. The maximum atomic E-state index is 12.3. The molecule has 1 aliphatic carbocycles. The van der Waals surface area contributed by atoms with Crippen LogP contribution in [0.4, 0.5) is 0 Å². The van der Waals surface area contributed by atoms with Crippen molar-refractivity contribution in [1.29, 1.82) is 0 Å². The molecule has 0 radical (unpaired) electrons. The van der Waals surface area contributed by atoms with E-state index in [-0.39, 0.29) is 5.91 Å². The fraction of sp³-hybridized carbons (Fsp3) is 0.706. The largest absolute Gasteiger partial charge is 0.378 e. The Hall–Kier alpha value is -1.89. The van der Waals surface area contributed by atoms with Crippen LogP contribution in [0.25, 0.3) is 0 Å². The Morgan fingerprint density at radius 3 is 2.04 bits per heavy atom. The summed E-state index contributed by atoms with van der Waals surface area (Å²) < 4.78 is 5.20. The molecule has 0 aromatic carbocycles. The molecular formula is C17H25N3O4. The number of amides is 3. The topological polar surface area (TPSA) is 70.2 Å². The van der Waals surface area contributed by atoms with Crippen molar-refractivity contribution in [3.8, 4) is 0 Å². The molecule has 2 fully saturated rings. The average Bonchev–Trinajstić information content (AvgIpc) is 3.14. The van der Waals surface area contributed by atoms with Gasteiger partial charge in [-0.3, -0.25) is 14.4 Å². The van der Waals surface area contributed by atoms with Crippen molar-refractivity contribution in [2.24, 2.45) is 5.92 Å². The number of rotatable bonds is 2. The summed E-state index contributed by atoms with van der Waals surface area (Å²) in [5.41, 5.74) is 0. The summed E-state index contributed by atoms with van der Waals surface area (Å²) in [6.07, 6.45) is 6.92. The third kappa shape index (κ3) is 3.95. The number of piperazine rings is 1. The molecule has 7 nitrogen and oxygen atoms in total. The highest BCUT2D eigenvalue weighted by molar-refractivity contribution is 6.34. The highest BCUT2D eigenvalue weighted by atomic mass is 16.5. The number of nitrogens with zero attached hydrogens (tertiary/aromatic N) is 3. The van der Waals surface area contributed by atoms with Crippen molar-refractivity contribution < 1.29 is 19.1 Å². The molecule has 1 atom stereocenters. The Labute approximate surface area is 142 Å². The summed E-state index contributed by atoms with van der Waals surface area (Å²) in [5.74, 6) is -0.393. The second-order valence-electron chi connectivity index (χ2n) is 6.55. The van der Waals surface area contributed by atoms with Crippen molar-refractivity contribution in [1.82, 2.24) is 14.7 Å². The maximum Gasteiger partial charge on any atom is 0.312 e. The molecular weight excluding hydrogens is 310 g/mol. The SMILES string of the molecule is O=C(CC1C=CCC1)N1CCN(C(=O)C(=O)N2CCOCC2)CC1. The van der Waals surface area contributed by atoms with Crippen molar-refractivity contribution in [3.63, 3.8) is 0 Å². The van der Waals surface area contributed by atoms with Crippen LogP contribution in [0.15, 0.2) is 12.2 Å². The summed E-state index contributed by atoms with van der Waals surface area (Å²) in [6, 6.07) is 0. The number of allylic oxidation sites excluding steroid dienone is 2. The Bertz CT molecular complexity index is 520. The molecule has 2 aliphatic heterocycles. The van der Waals surface area contributed by atoms with E-state index in [9.17, 15) is 14.4 Å². The molecule has 0 aromatic heterocycles. The highest BCUT2D eigenvalue weighted by Gasteiger charge is 2.31. The van der Waals surface area contributed by atoms with Gasteiger partial charge in [0.25, 0.3) is 0 Å². The van der Waals surface area contributed by atoms with E-state index in [1.54, 1.807) is 9.80 Å². The van der Waals surface area contributed by atoms with Gasteiger partial charge in [-0.05, 0) is 18.8 Å².